The van der Waals surface area contributed by atoms with Gasteiger partial charge >= 0.3 is 0 Å². The van der Waals surface area contributed by atoms with E-state index in [0.29, 0.717) is 19.8 Å². The second-order valence-corrected chi connectivity index (χ2v) is 5.07. The molecule has 1 aromatic carbocycles. The van der Waals surface area contributed by atoms with Crippen LogP contribution in [-0.4, -0.2) is 34.5 Å². The van der Waals surface area contributed by atoms with E-state index >= 15 is 0 Å². The lowest BCUT2D eigenvalue weighted by Crippen LogP contribution is -2.44. The Morgan fingerprint density at radius 1 is 1.32 bits per heavy atom. The first-order valence-corrected chi connectivity index (χ1v) is 6.68. The van der Waals surface area contributed by atoms with Crippen molar-refractivity contribution in [1.29, 1.82) is 0 Å². The molecule has 1 aliphatic heterocycles. The fraction of sp³-hybridized carbons (Fsp3) is 0.500. The SMILES string of the molecule is NC1(c2nc3ccccc3n2CCO)CCOCC1. The predicted octanol–water partition coefficient (Wildman–Crippen LogP) is 0.993. The van der Waals surface area contributed by atoms with Gasteiger partial charge in [-0.25, -0.2) is 4.98 Å². The third kappa shape index (κ3) is 2.14. The molecule has 2 aromatic rings. The molecule has 0 saturated carbocycles. The molecular weight excluding hydrogens is 242 g/mol. The van der Waals surface area contributed by atoms with Crippen LogP contribution in [0, 0.1) is 0 Å². The van der Waals surface area contributed by atoms with Gasteiger partial charge in [0.25, 0.3) is 0 Å². The Balaban J connectivity index is 2.13. The van der Waals surface area contributed by atoms with Crippen LogP contribution < -0.4 is 5.73 Å². The van der Waals surface area contributed by atoms with Crippen LogP contribution in [0.25, 0.3) is 11.0 Å². The van der Waals surface area contributed by atoms with E-state index in [0.717, 1.165) is 29.7 Å². The summed E-state index contributed by atoms with van der Waals surface area (Å²) in [5, 5.41) is 9.29. The number of nitrogens with two attached hydrogens (primary N) is 1. The molecule has 1 aromatic heterocycles. The molecule has 1 aliphatic rings. The Bertz CT molecular complexity index is 573. The van der Waals surface area contributed by atoms with Gasteiger partial charge in [-0.15, -0.1) is 0 Å². The minimum Gasteiger partial charge on any atom is -0.395 e. The molecule has 2 heterocycles. The number of para-hydroxylation sites is 2. The summed E-state index contributed by atoms with van der Waals surface area (Å²) in [6.45, 7) is 1.94. The second kappa shape index (κ2) is 4.92. The van der Waals surface area contributed by atoms with Gasteiger partial charge in [0.15, 0.2) is 0 Å². The van der Waals surface area contributed by atoms with Crippen molar-refractivity contribution >= 4 is 11.0 Å². The number of rotatable bonds is 3. The minimum atomic E-state index is -0.452. The Labute approximate surface area is 112 Å². The average molecular weight is 261 g/mol. The van der Waals surface area contributed by atoms with Crippen molar-refractivity contribution in [2.75, 3.05) is 19.8 Å². The van der Waals surface area contributed by atoms with Crippen LogP contribution in [0.1, 0.15) is 18.7 Å². The van der Waals surface area contributed by atoms with Crippen LogP contribution in [0.5, 0.6) is 0 Å². The molecular formula is C14H19N3O2. The summed E-state index contributed by atoms with van der Waals surface area (Å²) in [4.78, 5) is 4.70. The zero-order valence-corrected chi connectivity index (χ0v) is 10.9. The van der Waals surface area contributed by atoms with Gasteiger partial charge in [0.05, 0.1) is 23.2 Å². The van der Waals surface area contributed by atoms with Gasteiger partial charge in [-0.2, -0.15) is 0 Å². The van der Waals surface area contributed by atoms with E-state index in [1.807, 2.05) is 28.8 Å². The molecule has 0 radical (unpaired) electrons. The Morgan fingerprint density at radius 2 is 2.05 bits per heavy atom. The lowest BCUT2D eigenvalue weighted by molar-refractivity contribution is 0.0478. The highest BCUT2D eigenvalue weighted by Crippen LogP contribution is 2.31. The summed E-state index contributed by atoms with van der Waals surface area (Å²) in [6.07, 6.45) is 1.53. The van der Waals surface area contributed by atoms with Gasteiger partial charge in [-0.05, 0) is 25.0 Å². The fourth-order valence-electron chi connectivity index (χ4n) is 2.74. The van der Waals surface area contributed by atoms with Crippen LogP contribution in [-0.2, 0) is 16.8 Å². The minimum absolute atomic E-state index is 0.0833. The maximum atomic E-state index is 9.29. The van der Waals surface area contributed by atoms with Crippen LogP contribution >= 0.6 is 0 Å². The number of aromatic nitrogens is 2. The molecule has 5 heteroatoms. The molecule has 3 N–H and O–H groups in total. The molecule has 1 fully saturated rings. The van der Waals surface area contributed by atoms with Crippen LogP contribution in [0.3, 0.4) is 0 Å². The molecule has 5 nitrogen and oxygen atoms in total. The molecule has 0 bridgehead atoms. The van der Waals surface area contributed by atoms with Gasteiger partial charge in [0.1, 0.15) is 5.82 Å². The summed E-state index contributed by atoms with van der Waals surface area (Å²) in [7, 11) is 0. The van der Waals surface area contributed by atoms with Gasteiger partial charge in [0, 0.05) is 19.8 Å². The normalized spacial score (nSPS) is 18.8. The maximum absolute atomic E-state index is 9.29. The molecule has 0 aliphatic carbocycles. The highest BCUT2D eigenvalue weighted by molar-refractivity contribution is 5.76. The number of hydrogen-bond donors (Lipinski definition) is 2. The summed E-state index contributed by atoms with van der Waals surface area (Å²) in [6, 6.07) is 7.95. The van der Waals surface area contributed by atoms with Crippen molar-refractivity contribution in [2.24, 2.45) is 5.73 Å². The lowest BCUT2D eigenvalue weighted by Gasteiger charge is -2.33. The van der Waals surface area contributed by atoms with E-state index < -0.39 is 5.54 Å². The number of hydrogen-bond acceptors (Lipinski definition) is 4. The van der Waals surface area contributed by atoms with Crippen molar-refractivity contribution in [3.05, 3.63) is 30.1 Å². The molecule has 3 rings (SSSR count). The second-order valence-electron chi connectivity index (χ2n) is 5.07. The van der Waals surface area contributed by atoms with Gasteiger partial charge in [-0.3, -0.25) is 0 Å². The zero-order chi connectivity index (χ0) is 13.3. The standard InChI is InChI=1S/C14H19N3O2/c15-14(5-9-19-10-6-14)13-16-11-3-1-2-4-12(11)17(13)7-8-18/h1-4,18H,5-10,15H2. The number of imidazole rings is 1. The van der Waals surface area contributed by atoms with Crippen LogP contribution in [0.2, 0.25) is 0 Å². The van der Waals surface area contributed by atoms with E-state index in [4.69, 9.17) is 15.5 Å². The van der Waals surface area contributed by atoms with Crippen LogP contribution in [0.4, 0.5) is 0 Å². The lowest BCUT2D eigenvalue weighted by atomic mass is 9.90. The van der Waals surface area contributed by atoms with E-state index in [1.165, 1.54) is 0 Å². The summed E-state index contributed by atoms with van der Waals surface area (Å²) >= 11 is 0. The largest absolute Gasteiger partial charge is 0.395 e. The highest BCUT2D eigenvalue weighted by atomic mass is 16.5. The number of aliphatic hydroxyl groups excluding tert-OH is 1. The van der Waals surface area contributed by atoms with Gasteiger partial charge < -0.3 is 20.1 Å². The molecule has 0 amide bonds. The Hall–Kier alpha value is -1.43. The van der Waals surface area contributed by atoms with E-state index in [-0.39, 0.29) is 6.61 Å². The summed E-state index contributed by atoms with van der Waals surface area (Å²) in [5.41, 5.74) is 8.04. The predicted molar refractivity (Wildman–Crippen MR) is 72.7 cm³/mol. The van der Waals surface area contributed by atoms with Crippen molar-refractivity contribution < 1.29 is 9.84 Å². The zero-order valence-electron chi connectivity index (χ0n) is 10.9. The van der Waals surface area contributed by atoms with Crippen molar-refractivity contribution in [3.63, 3.8) is 0 Å². The third-order valence-electron chi connectivity index (χ3n) is 3.81. The molecule has 102 valence electrons. The number of nitrogens with zero attached hydrogens (tertiary/aromatic N) is 2. The topological polar surface area (TPSA) is 73.3 Å². The van der Waals surface area contributed by atoms with Crippen molar-refractivity contribution in [3.8, 4) is 0 Å². The molecule has 0 atom stereocenters. The number of ether oxygens (including phenoxy) is 1. The van der Waals surface area contributed by atoms with Gasteiger partial charge in [-0.1, -0.05) is 12.1 Å². The van der Waals surface area contributed by atoms with Gasteiger partial charge in [0.2, 0.25) is 0 Å². The van der Waals surface area contributed by atoms with Crippen LogP contribution in [0.15, 0.2) is 24.3 Å². The number of fused-ring (bicyclic) bond motifs is 1. The first-order chi connectivity index (χ1) is 9.24. The highest BCUT2D eigenvalue weighted by Gasteiger charge is 2.35. The third-order valence-corrected chi connectivity index (χ3v) is 3.81. The summed E-state index contributed by atoms with van der Waals surface area (Å²) in [5.74, 6) is 0.867. The quantitative estimate of drug-likeness (QED) is 0.864. The molecule has 0 unspecified atom stereocenters. The first kappa shape index (κ1) is 12.6. The molecule has 1 saturated heterocycles. The Morgan fingerprint density at radius 3 is 2.79 bits per heavy atom. The van der Waals surface area contributed by atoms with E-state index in [1.54, 1.807) is 0 Å². The van der Waals surface area contributed by atoms with Crippen molar-refractivity contribution in [1.82, 2.24) is 9.55 Å². The number of aliphatic hydroxyl groups is 1. The first-order valence-electron chi connectivity index (χ1n) is 6.68. The van der Waals surface area contributed by atoms with E-state index in [2.05, 4.69) is 0 Å². The van der Waals surface area contributed by atoms with Crippen molar-refractivity contribution in [2.45, 2.75) is 24.9 Å². The molecule has 0 spiro atoms. The Kier molecular flexibility index (Phi) is 3.26. The maximum Gasteiger partial charge on any atom is 0.130 e. The monoisotopic (exact) mass is 261 g/mol. The average Bonchev–Trinajstić information content (AvgIpc) is 2.80. The smallest absolute Gasteiger partial charge is 0.130 e. The summed E-state index contributed by atoms with van der Waals surface area (Å²) < 4.78 is 7.44. The number of benzene rings is 1. The fourth-order valence-corrected chi connectivity index (χ4v) is 2.74. The molecule has 19 heavy (non-hydrogen) atoms. The van der Waals surface area contributed by atoms with E-state index in [9.17, 15) is 5.11 Å².